The van der Waals surface area contributed by atoms with Gasteiger partial charge in [-0.15, -0.1) is 0 Å². The Hall–Kier alpha value is -1.54. The smallest absolute Gasteiger partial charge is 0.310 e. The summed E-state index contributed by atoms with van der Waals surface area (Å²) in [5.41, 5.74) is 0.168. The number of halogens is 3. The van der Waals surface area contributed by atoms with Crippen LogP contribution in [0, 0.1) is 17.2 Å². The Balaban J connectivity index is 2.12. The molecular formula is C13H13F3N2. The SMILES string of the molecule is N#CC1CCNC(c2ccc(C(F)(F)F)cc2)C1. The molecule has 1 aromatic rings. The van der Waals surface area contributed by atoms with E-state index >= 15 is 0 Å². The summed E-state index contributed by atoms with van der Waals surface area (Å²) in [7, 11) is 0. The molecule has 1 saturated heterocycles. The van der Waals surface area contributed by atoms with Gasteiger partial charge in [0.05, 0.1) is 11.6 Å². The molecule has 18 heavy (non-hydrogen) atoms. The van der Waals surface area contributed by atoms with E-state index in [2.05, 4.69) is 11.4 Å². The Morgan fingerprint density at radius 3 is 2.44 bits per heavy atom. The molecule has 2 rings (SSSR count). The van der Waals surface area contributed by atoms with Crippen molar-refractivity contribution in [3.05, 3.63) is 35.4 Å². The summed E-state index contributed by atoms with van der Waals surface area (Å²) in [6.45, 7) is 0.726. The van der Waals surface area contributed by atoms with Crippen molar-refractivity contribution in [2.45, 2.75) is 25.1 Å². The number of hydrogen-bond donors (Lipinski definition) is 1. The van der Waals surface area contributed by atoms with Crippen LogP contribution in [-0.4, -0.2) is 6.54 Å². The van der Waals surface area contributed by atoms with E-state index in [0.717, 1.165) is 30.7 Å². The summed E-state index contributed by atoms with van der Waals surface area (Å²) < 4.78 is 37.3. The van der Waals surface area contributed by atoms with Gasteiger partial charge >= 0.3 is 6.18 Å². The molecule has 0 radical (unpaired) electrons. The molecule has 96 valence electrons. The second-order valence-corrected chi connectivity index (χ2v) is 4.48. The van der Waals surface area contributed by atoms with E-state index in [4.69, 9.17) is 5.26 Å². The minimum atomic E-state index is -4.30. The zero-order valence-corrected chi connectivity index (χ0v) is 9.67. The molecule has 0 aliphatic carbocycles. The molecule has 0 amide bonds. The fourth-order valence-corrected chi connectivity index (χ4v) is 2.19. The molecule has 0 aromatic heterocycles. The first-order valence-electron chi connectivity index (χ1n) is 5.81. The summed E-state index contributed by atoms with van der Waals surface area (Å²) in [5.74, 6) is -0.0152. The monoisotopic (exact) mass is 254 g/mol. The van der Waals surface area contributed by atoms with E-state index in [-0.39, 0.29) is 12.0 Å². The fraction of sp³-hybridized carbons (Fsp3) is 0.462. The molecule has 1 aromatic carbocycles. The maximum Gasteiger partial charge on any atom is 0.416 e. The summed E-state index contributed by atoms with van der Waals surface area (Å²) in [6.07, 6.45) is -2.84. The molecule has 5 heteroatoms. The number of nitrogens with one attached hydrogen (secondary N) is 1. The topological polar surface area (TPSA) is 35.8 Å². The first-order valence-corrected chi connectivity index (χ1v) is 5.81. The number of benzene rings is 1. The number of alkyl halides is 3. The molecule has 1 aliphatic rings. The van der Waals surface area contributed by atoms with Gasteiger partial charge in [-0.25, -0.2) is 0 Å². The normalized spacial score (nSPS) is 24.6. The van der Waals surface area contributed by atoms with Crippen LogP contribution in [0.5, 0.6) is 0 Å². The fourth-order valence-electron chi connectivity index (χ4n) is 2.19. The molecule has 2 atom stereocenters. The van der Waals surface area contributed by atoms with Crippen molar-refractivity contribution in [1.29, 1.82) is 5.26 Å². The third-order valence-electron chi connectivity index (χ3n) is 3.23. The van der Waals surface area contributed by atoms with Gasteiger partial charge in [-0.1, -0.05) is 12.1 Å². The Labute approximate surface area is 103 Å². The van der Waals surface area contributed by atoms with Crippen LogP contribution in [0.4, 0.5) is 13.2 Å². The van der Waals surface area contributed by atoms with Gasteiger partial charge in [-0.3, -0.25) is 0 Å². The lowest BCUT2D eigenvalue weighted by atomic mass is 9.89. The third-order valence-corrected chi connectivity index (χ3v) is 3.23. The van der Waals surface area contributed by atoms with Crippen LogP contribution in [0.3, 0.4) is 0 Å². The van der Waals surface area contributed by atoms with E-state index in [9.17, 15) is 13.2 Å². The molecule has 1 heterocycles. The lowest BCUT2D eigenvalue weighted by Crippen LogP contribution is -2.31. The first kappa shape index (κ1) is 12.9. The van der Waals surface area contributed by atoms with Crippen LogP contribution in [-0.2, 0) is 6.18 Å². The van der Waals surface area contributed by atoms with Crippen molar-refractivity contribution in [2.24, 2.45) is 5.92 Å². The summed E-state index contributed by atoms with van der Waals surface area (Å²) in [4.78, 5) is 0. The highest BCUT2D eigenvalue weighted by molar-refractivity contribution is 5.27. The van der Waals surface area contributed by atoms with Gasteiger partial charge in [0.25, 0.3) is 0 Å². The maximum atomic E-state index is 12.4. The number of piperidine rings is 1. The predicted molar refractivity (Wildman–Crippen MR) is 60.5 cm³/mol. The summed E-state index contributed by atoms with van der Waals surface area (Å²) in [6, 6.07) is 7.35. The number of nitriles is 1. The summed E-state index contributed by atoms with van der Waals surface area (Å²) >= 11 is 0. The molecule has 0 bridgehead atoms. The van der Waals surface area contributed by atoms with Gasteiger partial charge < -0.3 is 5.32 Å². The highest BCUT2D eigenvalue weighted by Gasteiger charge is 2.30. The van der Waals surface area contributed by atoms with Gasteiger partial charge in [-0.2, -0.15) is 18.4 Å². The van der Waals surface area contributed by atoms with Crippen LogP contribution in [0.25, 0.3) is 0 Å². The van der Waals surface area contributed by atoms with Gasteiger partial charge in [0.15, 0.2) is 0 Å². The van der Waals surface area contributed by atoms with E-state index < -0.39 is 11.7 Å². The van der Waals surface area contributed by atoms with Crippen molar-refractivity contribution < 1.29 is 13.2 Å². The molecule has 2 unspecified atom stereocenters. The largest absolute Gasteiger partial charge is 0.416 e. The lowest BCUT2D eigenvalue weighted by Gasteiger charge is -2.27. The Kier molecular flexibility index (Phi) is 3.58. The molecule has 0 saturated carbocycles. The first-order chi connectivity index (χ1) is 8.50. The van der Waals surface area contributed by atoms with E-state index in [1.165, 1.54) is 12.1 Å². The lowest BCUT2D eigenvalue weighted by molar-refractivity contribution is -0.137. The van der Waals surface area contributed by atoms with Crippen LogP contribution in [0.1, 0.15) is 30.0 Å². The quantitative estimate of drug-likeness (QED) is 0.834. The average molecular weight is 254 g/mol. The van der Waals surface area contributed by atoms with Crippen molar-refractivity contribution in [3.63, 3.8) is 0 Å². The van der Waals surface area contributed by atoms with E-state index in [1.54, 1.807) is 0 Å². The molecule has 0 spiro atoms. The van der Waals surface area contributed by atoms with Crippen molar-refractivity contribution in [3.8, 4) is 6.07 Å². The van der Waals surface area contributed by atoms with Crippen molar-refractivity contribution in [1.82, 2.24) is 5.32 Å². The van der Waals surface area contributed by atoms with Crippen LogP contribution in [0.15, 0.2) is 24.3 Å². The highest BCUT2D eigenvalue weighted by atomic mass is 19.4. The zero-order valence-electron chi connectivity index (χ0n) is 9.67. The predicted octanol–water partition coefficient (Wildman–Crippen LogP) is 3.27. The van der Waals surface area contributed by atoms with E-state index in [0.29, 0.717) is 6.42 Å². The van der Waals surface area contributed by atoms with Gasteiger partial charge in [0.2, 0.25) is 0 Å². The Morgan fingerprint density at radius 1 is 1.22 bits per heavy atom. The second-order valence-electron chi connectivity index (χ2n) is 4.48. The summed E-state index contributed by atoms with van der Waals surface area (Å²) in [5, 5.41) is 12.1. The van der Waals surface area contributed by atoms with Gasteiger partial charge in [-0.05, 0) is 37.1 Å². The standard InChI is InChI=1S/C13H13F3N2/c14-13(15,16)11-3-1-10(2-4-11)12-7-9(8-17)5-6-18-12/h1-4,9,12,18H,5-7H2. The van der Waals surface area contributed by atoms with E-state index in [1.807, 2.05) is 0 Å². The Morgan fingerprint density at radius 2 is 1.89 bits per heavy atom. The van der Waals surface area contributed by atoms with Gasteiger partial charge in [0.1, 0.15) is 0 Å². The number of nitrogens with zero attached hydrogens (tertiary/aromatic N) is 1. The van der Waals surface area contributed by atoms with Crippen molar-refractivity contribution >= 4 is 0 Å². The second kappa shape index (κ2) is 4.99. The zero-order chi connectivity index (χ0) is 13.2. The molecular weight excluding hydrogens is 241 g/mol. The van der Waals surface area contributed by atoms with Crippen LogP contribution >= 0.6 is 0 Å². The molecule has 2 nitrogen and oxygen atoms in total. The van der Waals surface area contributed by atoms with Gasteiger partial charge in [0, 0.05) is 12.0 Å². The minimum absolute atomic E-state index is 0.0152. The Bertz CT molecular complexity index is 445. The average Bonchev–Trinajstić information content (AvgIpc) is 2.38. The highest BCUT2D eigenvalue weighted by Crippen LogP contribution is 2.32. The number of hydrogen-bond acceptors (Lipinski definition) is 2. The molecule has 1 N–H and O–H groups in total. The molecule has 1 fully saturated rings. The minimum Gasteiger partial charge on any atom is -0.310 e. The molecule has 1 aliphatic heterocycles. The number of rotatable bonds is 1. The third kappa shape index (κ3) is 2.82. The van der Waals surface area contributed by atoms with Crippen molar-refractivity contribution in [2.75, 3.05) is 6.54 Å². The van der Waals surface area contributed by atoms with Crippen LogP contribution < -0.4 is 5.32 Å². The van der Waals surface area contributed by atoms with Crippen LogP contribution in [0.2, 0.25) is 0 Å². The maximum absolute atomic E-state index is 12.4.